The standard InChI is InChI=1S/C18H16FNO3/c1-2-23-18(22)15(12-20-13-8-4-3-5-9-13)17(21)14-10-6-7-11-16(14)19/h3-12,20H,2H2,1H3/b15-12-. The fourth-order valence-corrected chi connectivity index (χ4v) is 1.91. The Hall–Kier alpha value is -2.95. The molecule has 0 aliphatic heterocycles. The molecule has 0 radical (unpaired) electrons. The van der Waals surface area contributed by atoms with Crippen molar-refractivity contribution in [2.24, 2.45) is 0 Å². The van der Waals surface area contributed by atoms with Gasteiger partial charge in [0.25, 0.3) is 0 Å². The zero-order chi connectivity index (χ0) is 16.7. The highest BCUT2D eigenvalue weighted by molar-refractivity contribution is 6.24. The van der Waals surface area contributed by atoms with Crippen molar-refractivity contribution in [1.29, 1.82) is 0 Å². The zero-order valence-electron chi connectivity index (χ0n) is 12.6. The van der Waals surface area contributed by atoms with Crippen LogP contribution in [0.15, 0.2) is 66.4 Å². The first-order chi connectivity index (χ1) is 11.1. The average molecular weight is 313 g/mol. The van der Waals surface area contributed by atoms with Crippen molar-refractivity contribution in [3.05, 3.63) is 77.8 Å². The molecule has 2 aromatic carbocycles. The molecule has 0 spiro atoms. The number of rotatable bonds is 6. The van der Waals surface area contributed by atoms with E-state index in [-0.39, 0.29) is 17.7 Å². The van der Waals surface area contributed by atoms with Crippen molar-refractivity contribution >= 4 is 17.4 Å². The first-order valence-corrected chi connectivity index (χ1v) is 7.11. The summed E-state index contributed by atoms with van der Waals surface area (Å²) in [6.45, 7) is 1.75. The quantitative estimate of drug-likeness (QED) is 0.291. The van der Waals surface area contributed by atoms with Crippen molar-refractivity contribution < 1.29 is 18.7 Å². The summed E-state index contributed by atoms with van der Waals surface area (Å²) in [5.74, 6) is -2.22. The number of para-hydroxylation sites is 1. The molecule has 0 amide bonds. The van der Waals surface area contributed by atoms with Crippen LogP contribution in [0.4, 0.5) is 10.1 Å². The van der Waals surface area contributed by atoms with Crippen LogP contribution in [-0.2, 0) is 9.53 Å². The van der Waals surface area contributed by atoms with Gasteiger partial charge in [0.1, 0.15) is 11.4 Å². The van der Waals surface area contributed by atoms with Crippen LogP contribution in [0.1, 0.15) is 17.3 Å². The molecule has 0 bridgehead atoms. The number of hydrogen-bond acceptors (Lipinski definition) is 4. The van der Waals surface area contributed by atoms with Crippen molar-refractivity contribution in [3.8, 4) is 0 Å². The number of ketones is 1. The smallest absolute Gasteiger partial charge is 0.343 e. The van der Waals surface area contributed by atoms with Gasteiger partial charge in [0.15, 0.2) is 0 Å². The SMILES string of the molecule is CCOC(=O)/C(=C\Nc1ccccc1)C(=O)c1ccccc1F. The van der Waals surface area contributed by atoms with Gasteiger partial charge in [-0.05, 0) is 31.2 Å². The number of halogens is 1. The largest absolute Gasteiger partial charge is 0.462 e. The summed E-state index contributed by atoms with van der Waals surface area (Å²) in [6.07, 6.45) is 1.24. The molecule has 2 aromatic rings. The number of carbonyl (C=O) groups is 2. The van der Waals surface area contributed by atoms with Gasteiger partial charge in [0.2, 0.25) is 5.78 Å². The van der Waals surface area contributed by atoms with Gasteiger partial charge in [-0.3, -0.25) is 4.79 Å². The molecule has 2 rings (SSSR count). The summed E-state index contributed by atoms with van der Waals surface area (Å²) in [7, 11) is 0. The van der Waals surface area contributed by atoms with E-state index in [0.717, 1.165) is 0 Å². The van der Waals surface area contributed by atoms with Crippen molar-refractivity contribution in [1.82, 2.24) is 0 Å². The summed E-state index contributed by atoms with van der Waals surface area (Å²) in [6, 6.07) is 14.5. The molecule has 0 aliphatic rings. The third kappa shape index (κ3) is 4.26. The van der Waals surface area contributed by atoms with Crippen LogP contribution in [0.5, 0.6) is 0 Å². The van der Waals surface area contributed by atoms with E-state index in [4.69, 9.17) is 4.74 Å². The van der Waals surface area contributed by atoms with Gasteiger partial charge in [-0.1, -0.05) is 30.3 Å². The number of esters is 1. The maximum atomic E-state index is 13.8. The van der Waals surface area contributed by atoms with Crippen LogP contribution in [0, 0.1) is 5.82 Å². The lowest BCUT2D eigenvalue weighted by atomic mass is 10.0. The minimum Gasteiger partial charge on any atom is -0.462 e. The summed E-state index contributed by atoms with van der Waals surface area (Å²) < 4.78 is 18.7. The van der Waals surface area contributed by atoms with Crippen molar-refractivity contribution in [2.75, 3.05) is 11.9 Å². The molecular weight excluding hydrogens is 297 g/mol. The van der Waals surface area contributed by atoms with E-state index < -0.39 is 17.6 Å². The van der Waals surface area contributed by atoms with Gasteiger partial charge < -0.3 is 10.1 Å². The first kappa shape index (κ1) is 16.4. The Kier molecular flexibility index (Phi) is 5.63. The normalized spacial score (nSPS) is 11.0. The highest BCUT2D eigenvalue weighted by Crippen LogP contribution is 2.15. The lowest BCUT2D eigenvalue weighted by Crippen LogP contribution is -2.18. The molecule has 0 aromatic heterocycles. The average Bonchev–Trinajstić information content (AvgIpc) is 2.56. The number of carbonyl (C=O) groups excluding carboxylic acids is 2. The number of benzene rings is 2. The molecule has 23 heavy (non-hydrogen) atoms. The number of Topliss-reactive ketones (excluding diaryl/α,β-unsaturated/α-hetero) is 1. The summed E-state index contributed by atoms with van der Waals surface area (Å²) in [5.41, 5.74) is 0.248. The Morgan fingerprint density at radius 2 is 1.74 bits per heavy atom. The highest BCUT2D eigenvalue weighted by atomic mass is 19.1. The predicted molar refractivity (Wildman–Crippen MR) is 85.5 cm³/mol. The van der Waals surface area contributed by atoms with E-state index >= 15 is 0 Å². The molecule has 1 N–H and O–H groups in total. The fourth-order valence-electron chi connectivity index (χ4n) is 1.91. The van der Waals surface area contributed by atoms with E-state index in [9.17, 15) is 14.0 Å². The molecular formula is C18H16FNO3. The van der Waals surface area contributed by atoms with Crippen molar-refractivity contribution in [2.45, 2.75) is 6.92 Å². The second kappa shape index (κ2) is 7.89. The lowest BCUT2D eigenvalue weighted by Gasteiger charge is -2.08. The first-order valence-electron chi connectivity index (χ1n) is 7.11. The molecule has 4 nitrogen and oxygen atoms in total. The molecule has 0 heterocycles. The Bertz CT molecular complexity index is 726. The van der Waals surface area contributed by atoms with Crippen LogP contribution in [0.25, 0.3) is 0 Å². The number of ether oxygens (including phenoxy) is 1. The van der Waals surface area contributed by atoms with E-state index in [1.807, 2.05) is 6.07 Å². The second-order valence-electron chi connectivity index (χ2n) is 4.60. The Balaban J connectivity index is 2.32. The Morgan fingerprint density at radius 1 is 1.09 bits per heavy atom. The molecule has 0 aliphatic carbocycles. The van der Waals surface area contributed by atoms with Gasteiger partial charge in [-0.2, -0.15) is 0 Å². The summed E-state index contributed by atoms with van der Waals surface area (Å²) in [4.78, 5) is 24.5. The molecule has 0 atom stereocenters. The van der Waals surface area contributed by atoms with E-state index in [1.165, 1.54) is 30.5 Å². The van der Waals surface area contributed by atoms with Crippen LogP contribution < -0.4 is 5.32 Å². The fraction of sp³-hybridized carbons (Fsp3) is 0.111. The monoisotopic (exact) mass is 313 g/mol. The van der Waals surface area contributed by atoms with Gasteiger partial charge in [-0.15, -0.1) is 0 Å². The predicted octanol–water partition coefficient (Wildman–Crippen LogP) is 3.57. The Morgan fingerprint density at radius 3 is 2.39 bits per heavy atom. The van der Waals surface area contributed by atoms with E-state index in [0.29, 0.717) is 5.69 Å². The van der Waals surface area contributed by atoms with Crippen LogP contribution in [0.2, 0.25) is 0 Å². The third-order valence-electron chi connectivity index (χ3n) is 3.02. The van der Waals surface area contributed by atoms with Crippen LogP contribution >= 0.6 is 0 Å². The Labute approximate surface area is 133 Å². The third-order valence-corrected chi connectivity index (χ3v) is 3.02. The lowest BCUT2D eigenvalue weighted by molar-refractivity contribution is -0.138. The minimum absolute atomic E-state index is 0.117. The van der Waals surface area contributed by atoms with E-state index in [2.05, 4.69) is 5.32 Å². The van der Waals surface area contributed by atoms with Gasteiger partial charge in [0.05, 0.1) is 12.2 Å². The molecule has 0 saturated carbocycles. The van der Waals surface area contributed by atoms with Gasteiger partial charge in [0, 0.05) is 11.9 Å². The van der Waals surface area contributed by atoms with E-state index in [1.54, 1.807) is 31.2 Å². The van der Waals surface area contributed by atoms with Gasteiger partial charge >= 0.3 is 5.97 Å². The maximum Gasteiger partial charge on any atom is 0.343 e. The molecule has 5 heteroatoms. The number of hydrogen-bond donors (Lipinski definition) is 1. The molecule has 118 valence electrons. The minimum atomic E-state index is -0.802. The van der Waals surface area contributed by atoms with Crippen molar-refractivity contribution in [3.63, 3.8) is 0 Å². The second-order valence-corrected chi connectivity index (χ2v) is 4.60. The topological polar surface area (TPSA) is 55.4 Å². The highest BCUT2D eigenvalue weighted by Gasteiger charge is 2.23. The molecule has 0 unspecified atom stereocenters. The molecule has 0 saturated heterocycles. The summed E-state index contributed by atoms with van der Waals surface area (Å²) >= 11 is 0. The number of anilines is 1. The molecule has 0 fully saturated rings. The number of nitrogens with one attached hydrogen (secondary N) is 1. The zero-order valence-corrected chi connectivity index (χ0v) is 12.6. The maximum absolute atomic E-state index is 13.8. The van der Waals surface area contributed by atoms with Crippen LogP contribution in [0.3, 0.4) is 0 Å². The summed E-state index contributed by atoms with van der Waals surface area (Å²) in [5, 5.41) is 2.85. The van der Waals surface area contributed by atoms with Crippen LogP contribution in [-0.4, -0.2) is 18.4 Å². The van der Waals surface area contributed by atoms with Gasteiger partial charge in [-0.25, -0.2) is 9.18 Å².